The van der Waals surface area contributed by atoms with Crippen LogP contribution < -0.4 is 16.0 Å². The van der Waals surface area contributed by atoms with Crippen LogP contribution in [0.3, 0.4) is 0 Å². The Balaban J connectivity index is 1.80. The quantitative estimate of drug-likeness (QED) is 0.557. The maximum Gasteiger partial charge on any atom is 0.317 e. The van der Waals surface area contributed by atoms with Crippen molar-refractivity contribution < 1.29 is 19.5 Å². The zero-order valence-electron chi connectivity index (χ0n) is 16.2. The second-order valence-corrected chi connectivity index (χ2v) is 8.45. The number of carboxylic acids is 1. The number of aliphatic carboxylic acids is 1. The number of rotatable bonds is 6. The van der Waals surface area contributed by atoms with Crippen molar-refractivity contribution in [3.8, 4) is 0 Å². The standard InChI is InChI=1S/C18H32N4O4/c1-5-22(10-15(24)25)12-8-11(9-12)19-17(26)20-13-6-7-14(23)21-16(13)18(2,3)4/h11-13,16H,5-10H2,1-4H3,(H,21,23)(H,24,25)(H2,19,20,26)/t11?,12?,13-,16-/m1/s1. The van der Waals surface area contributed by atoms with Crippen LogP contribution in [0.15, 0.2) is 0 Å². The van der Waals surface area contributed by atoms with E-state index in [0.717, 1.165) is 12.8 Å². The monoisotopic (exact) mass is 368 g/mol. The van der Waals surface area contributed by atoms with E-state index >= 15 is 0 Å². The molecule has 8 nitrogen and oxygen atoms in total. The molecule has 0 radical (unpaired) electrons. The molecule has 1 saturated heterocycles. The van der Waals surface area contributed by atoms with Crippen LogP contribution in [-0.4, -0.2) is 65.2 Å². The summed E-state index contributed by atoms with van der Waals surface area (Å²) < 4.78 is 0. The van der Waals surface area contributed by atoms with E-state index in [4.69, 9.17) is 5.11 Å². The van der Waals surface area contributed by atoms with Crippen molar-refractivity contribution in [2.24, 2.45) is 5.41 Å². The van der Waals surface area contributed by atoms with Crippen molar-refractivity contribution in [3.05, 3.63) is 0 Å². The van der Waals surface area contributed by atoms with Crippen LogP contribution in [0, 0.1) is 5.41 Å². The molecule has 1 saturated carbocycles. The minimum atomic E-state index is -0.825. The lowest BCUT2D eigenvalue weighted by Gasteiger charge is -2.43. The first kappa shape index (κ1) is 20.5. The van der Waals surface area contributed by atoms with Gasteiger partial charge in [0.05, 0.1) is 18.6 Å². The lowest BCUT2D eigenvalue weighted by molar-refractivity contribution is -0.139. The van der Waals surface area contributed by atoms with Crippen molar-refractivity contribution in [2.75, 3.05) is 13.1 Å². The van der Waals surface area contributed by atoms with Crippen molar-refractivity contribution in [1.82, 2.24) is 20.9 Å². The maximum absolute atomic E-state index is 12.3. The third kappa shape index (κ3) is 5.33. The Bertz CT molecular complexity index is 540. The van der Waals surface area contributed by atoms with Gasteiger partial charge in [-0.1, -0.05) is 27.7 Å². The first-order valence-corrected chi connectivity index (χ1v) is 9.42. The van der Waals surface area contributed by atoms with Crippen molar-refractivity contribution >= 4 is 17.9 Å². The third-order valence-electron chi connectivity index (χ3n) is 5.36. The van der Waals surface area contributed by atoms with Crippen LogP contribution in [0.2, 0.25) is 0 Å². The van der Waals surface area contributed by atoms with E-state index in [1.807, 2.05) is 32.6 Å². The van der Waals surface area contributed by atoms with Gasteiger partial charge < -0.3 is 21.1 Å². The Morgan fingerprint density at radius 3 is 2.46 bits per heavy atom. The van der Waals surface area contributed by atoms with Crippen LogP contribution in [0.25, 0.3) is 0 Å². The second-order valence-electron chi connectivity index (χ2n) is 8.45. The normalized spacial score (nSPS) is 28.9. The summed E-state index contributed by atoms with van der Waals surface area (Å²) in [6.45, 7) is 8.82. The highest BCUT2D eigenvalue weighted by Crippen LogP contribution is 2.28. The van der Waals surface area contributed by atoms with Gasteiger partial charge in [-0.25, -0.2) is 4.79 Å². The van der Waals surface area contributed by atoms with Crippen molar-refractivity contribution in [1.29, 1.82) is 0 Å². The molecule has 3 amide bonds. The molecular formula is C18H32N4O4. The second kappa shape index (κ2) is 8.24. The average molecular weight is 368 g/mol. The summed E-state index contributed by atoms with van der Waals surface area (Å²) in [7, 11) is 0. The predicted molar refractivity (Wildman–Crippen MR) is 97.8 cm³/mol. The van der Waals surface area contributed by atoms with Gasteiger partial charge >= 0.3 is 12.0 Å². The summed E-state index contributed by atoms with van der Waals surface area (Å²) in [4.78, 5) is 36.9. The van der Waals surface area contributed by atoms with E-state index in [1.54, 1.807) is 0 Å². The third-order valence-corrected chi connectivity index (χ3v) is 5.36. The van der Waals surface area contributed by atoms with Crippen LogP contribution in [-0.2, 0) is 9.59 Å². The zero-order valence-corrected chi connectivity index (χ0v) is 16.2. The van der Waals surface area contributed by atoms with Gasteiger partial charge in [0, 0.05) is 18.5 Å². The Kier molecular flexibility index (Phi) is 6.49. The highest BCUT2D eigenvalue weighted by atomic mass is 16.4. The molecule has 0 aromatic heterocycles. The molecule has 1 aliphatic heterocycles. The van der Waals surface area contributed by atoms with E-state index in [0.29, 0.717) is 19.4 Å². The van der Waals surface area contributed by atoms with Gasteiger partial charge in [0.1, 0.15) is 0 Å². The molecule has 4 N–H and O–H groups in total. The molecule has 1 heterocycles. The minimum absolute atomic E-state index is 0.0308. The number of nitrogens with one attached hydrogen (secondary N) is 3. The summed E-state index contributed by atoms with van der Waals surface area (Å²) in [5, 5.41) is 17.9. The molecule has 2 atom stereocenters. The SMILES string of the molecule is CCN(CC(=O)O)C1CC(NC(=O)N[C@@H]2CCC(=O)N[C@H]2C(C)(C)C)C1. The number of hydrogen-bond donors (Lipinski definition) is 4. The van der Waals surface area contributed by atoms with Crippen LogP contribution in [0.1, 0.15) is 53.4 Å². The number of carboxylic acid groups (broad SMARTS) is 1. The van der Waals surface area contributed by atoms with E-state index in [2.05, 4.69) is 16.0 Å². The van der Waals surface area contributed by atoms with Crippen molar-refractivity contribution in [3.63, 3.8) is 0 Å². The number of hydrogen-bond acceptors (Lipinski definition) is 4. The first-order valence-electron chi connectivity index (χ1n) is 9.42. The van der Waals surface area contributed by atoms with Crippen molar-refractivity contribution in [2.45, 2.75) is 77.5 Å². The molecule has 2 rings (SSSR count). The molecular weight excluding hydrogens is 336 g/mol. The fourth-order valence-electron chi connectivity index (χ4n) is 3.85. The summed E-state index contributed by atoms with van der Waals surface area (Å²) in [5.74, 6) is -0.795. The van der Waals surface area contributed by atoms with Crippen LogP contribution in [0.5, 0.6) is 0 Å². The van der Waals surface area contributed by atoms with Gasteiger partial charge in [0.25, 0.3) is 0 Å². The van der Waals surface area contributed by atoms with E-state index in [1.165, 1.54) is 0 Å². The van der Waals surface area contributed by atoms with E-state index in [-0.39, 0.29) is 48.1 Å². The lowest BCUT2D eigenvalue weighted by atomic mass is 9.79. The molecule has 8 heteroatoms. The van der Waals surface area contributed by atoms with Crippen LogP contribution >= 0.6 is 0 Å². The molecule has 0 aromatic rings. The number of carbonyl (C=O) groups is 3. The fourth-order valence-corrected chi connectivity index (χ4v) is 3.85. The summed E-state index contributed by atoms with van der Waals surface area (Å²) in [6.07, 6.45) is 2.58. The number of carbonyl (C=O) groups excluding carboxylic acids is 2. The molecule has 2 fully saturated rings. The highest BCUT2D eigenvalue weighted by molar-refractivity contribution is 5.79. The molecule has 0 spiro atoms. The van der Waals surface area contributed by atoms with Gasteiger partial charge in [-0.3, -0.25) is 14.5 Å². The zero-order chi connectivity index (χ0) is 19.5. The first-order chi connectivity index (χ1) is 12.1. The molecule has 0 bridgehead atoms. The molecule has 148 valence electrons. The average Bonchev–Trinajstić information content (AvgIpc) is 2.49. The largest absolute Gasteiger partial charge is 0.480 e. The summed E-state index contributed by atoms with van der Waals surface area (Å²) in [5.41, 5.74) is -0.145. The topological polar surface area (TPSA) is 111 Å². The Morgan fingerprint density at radius 2 is 1.92 bits per heavy atom. The molecule has 0 aromatic carbocycles. The van der Waals surface area contributed by atoms with Gasteiger partial charge in [-0.15, -0.1) is 0 Å². The van der Waals surface area contributed by atoms with Gasteiger partial charge in [0.2, 0.25) is 5.91 Å². The molecule has 2 aliphatic rings. The molecule has 26 heavy (non-hydrogen) atoms. The highest BCUT2D eigenvalue weighted by Gasteiger charge is 2.39. The predicted octanol–water partition coefficient (Wildman–Crippen LogP) is 0.916. The lowest BCUT2D eigenvalue weighted by Crippen LogP contribution is -2.63. The Morgan fingerprint density at radius 1 is 1.27 bits per heavy atom. The van der Waals surface area contributed by atoms with E-state index < -0.39 is 5.97 Å². The maximum atomic E-state index is 12.3. The fraction of sp³-hybridized carbons (Fsp3) is 0.833. The van der Waals surface area contributed by atoms with Gasteiger partial charge in [-0.2, -0.15) is 0 Å². The molecule has 1 aliphatic carbocycles. The van der Waals surface area contributed by atoms with Crippen LogP contribution in [0.4, 0.5) is 4.79 Å². The summed E-state index contributed by atoms with van der Waals surface area (Å²) in [6, 6.07) is -0.144. The number of nitrogens with zero attached hydrogens (tertiary/aromatic N) is 1. The number of piperidine rings is 1. The smallest absolute Gasteiger partial charge is 0.317 e. The molecule has 0 unspecified atom stereocenters. The number of urea groups is 1. The van der Waals surface area contributed by atoms with Gasteiger partial charge in [-0.05, 0) is 31.2 Å². The number of likely N-dealkylation sites (N-methyl/N-ethyl adjacent to an activating group) is 1. The number of amides is 3. The Labute approximate surface area is 155 Å². The summed E-state index contributed by atoms with van der Waals surface area (Å²) >= 11 is 0. The van der Waals surface area contributed by atoms with E-state index in [9.17, 15) is 14.4 Å². The Hall–Kier alpha value is -1.83. The van der Waals surface area contributed by atoms with Gasteiger partial charge in [0.15, 0.2) is 0 Å². The minimum Gasteiger partial charge on any atom is -0.480 e.